The number of ketones is 2. The maximum absolute atomic E-state index is 13.2. The number of carboxylic acids is 2. The van der Waals surface area contributed by atoms with Crippen molar-refractivity contribution in [2.45, 2.75) is 178 Å². The molecule has 0 radical (unpaired) electrons. The summed E-state index contributed by atoms with van der Waals surface area (Å²) in [6.45, 7) is 18.0. The predicted molar refractivity (Wildman–Crippen MR) is 258 cm³/mol. The molecule has 4 bridgehead atoms. The minimum Gasteiger partial charge on any atom is -0.481 e. The van der Waals surface area contributed by atoms with Gasteiger partial charge >= 0.3 is 11.9 Å². The van der Waals surface area contributed by atoms with Crippen molar-refractivity contribution in [3.8, 4) is 0 Å². The minimum absolute atomic E-state index is 0.0269. The lowest BCUT2D eigenvalue weighted by Crippen LogP contribution is -2.39. The Bertz CT molecular complexity index is 1950. The number of aliphatic carboxylic acids is 2. The number of allylic oxidation sites excluding steroid dienone is 6. The standard InChI is InChI=1S/C28H44O6.C28H40O4/c1-6-9-22(28(4,5)26(33)34)21-16-15-20(24(21)30)14-13-19-12-11-18(23(19)29)10-7-8-17-27(2,3)25(31)32;1-27(2,17-29)13-7-5-9-19-15-24-22(25(19)32-24)12-11-20-16-23-21(26(20)31-23)10-6-8-14-28(3,4)18-30/h13-14,18-22H,6-12,15-17H2,1-5H3,(H,31,32)(H,33,34);11-12,15-16,19-20,29-30H,5-10,13-14,17-18H2,1-4H3. The van der Waals surface area contributed by atoms with E-state index in [1.165, 1.54) is 11.1 Å². The fraction of sp³-hybridized carbons (Fsp3) is 0.714. The number of unbranched alkanes of at least 4 members (excludes halogenated alkanes) is 3. The zero-order valence-electron chi connectivity index (χ0n) is 41.9. The first-order valence-electron chi connectivity index (χ1n) is 25.5. The molecule has 4 aliphatic heterocycles. The number of carbonyl (C=O) groups is 4. The smallest absolute Gasteiger partial charge is 0.309 e. The normalized spacial score (nSPS) is 25.4. The molecule has 66 heavy (non-hydrogen) atoms. The Labute approximate surface area is 396 Å². The average molecular weight is 917 g/mol. The highest BCUT2D eigenvalue weighted by molar-refractivity contribution is 5.89. The van der Waals surface area contributed by atoms with Crippen molar-refractivity contribution < 1.29 is 49.1 Å². The second kappa shape index (κ2) is 22.6. The molecular formula is C56H84O10. The lowest BCUT2D eigenvalue weighted by Gasteiger charge is -2.34. The van der Waals surface area contributed by atoms with Gasteiger partial charge in [-0.15, -0.1) is 0 Å². The molecule has 0 saturated heterocycles. The highest BCUT2D eigenvalue weighted by Gasteiger charge is 2.47. The van der Waals surface area contributed by atoms with Crippen LogP contribution in [0.5, 0.6) is 0 Å². The van der Waals surface area contributed by atoms with Gasteiger partial charge in [-0.2, -0.15) is 0 Å². The van der Waals surface area contributed by atoms with E-state index in [0.717, 1.165) is 126 Å². The van der Waals surface area contributed by atoms with Crippen molar-refractivity contribution in [3.63, 3.8) is 0 Å². The number of carbonyl (C=O) groups excluding carboxylic acids is 2. The molecule has 7 unspecified atom stereocenters. The summed E-state index contributed by atoms with van der Waals surface area (Å²) in [5, 5.41) is 37.7. The Balaban J connectivity index is 0.000000248. The Kier molecular flexibility index (Phi) is 18.2. The van der Waals surface area contributed by atoms with E-state index in [4.69, 9.17) is 9.47 Å². The van der Waals surface area contributed by atoms with Gasteiger partial charge in [-0.1, -0.05) is 97.4 Å². The molecule has 4 heterocycles. The molecule has 2 saturated carbocycles. The molecule has 0 aromatic rings. The van der Waals surface area contributed by atoms with Crippen LogP contribution in [-0.2, 0) is 28.7 Å². The lowest BCUT2D eigenvalue weighted by atomic mass is 9.68. The summed E-state index contributed by atoms with van der Waals surface area (Å²) < 4.78 is 11.7. The molecule has 368 valence electrons. The van der Waals surface area contributed by atoms with Crippen molar-refractivity contribution in [1.29, 1.82) is 0 Å². The maximum Gasteiger partial charge on any atom is 0.309 e. The summed E-state index contributed by atoms with van der Waals surface area (Å²) >= 11 is 0. The van der Waals surface area contributed by atoms with Gasteiger partial charge in [-0.25, -0.2) is 0 Å². The third-order valence-corrected chi connectivity index (χ3v) is 15.8. The Morgan fingerprint density at radius 1 is 0.697 bits per heavy atom. The van der Waals surface area contributed by atoms with Crippen molar-refractivity contribution in [3.05, 3.63) is 70.6 Å². The summed E-state index contributed by atoms with van der Waals surface area (Å²) in [5.74, 6) is 3.05. The second-order valence-corrected chi connectivity index (χ2v) is 23.2. The number of aliphatic hydroxyl groups is 2. The van der Waals surface area contributed by atoms with E-state index >= 15 is 0 Å². The van der Waals surface area contributed by atoms with Crippen LogP contribution in [0.4, 0.5) is 0 Å². The fourth-order valence-electron chi connectivity index (χ4n) is 10.7. The highest BCUT2D eigenvalue weighted by atomic mass is 16.5. The molecule has 0 aromatic carbocycles. The van der Waals surface area contributed by atoms with Gasteiger partial charge in [0.25, 0.3) is 0 Å². The number of Topliss-reactive ketones (excluding diaryl/α,β-unsaturated/α-hetero) is 2. The summed E-state index contributed by atoms with van der Waals surface area (Å²) in [7, 11) is 0. The number of hydrogen-bond donors (Lipinski definition) is 4. The van der Waals surface area contributed by atoms with E-state index in [1.807, 2.05) is 19.1 Å². The number of ether oxygens (including phenoxy) is 2. The first-order chi connectivity index (χ1) is 31.1. The average Bonchev–Trinajstić information content (AvgIpc) is 4.12. The topological polar surface area (TPSA) is 168 Å². The molecule has 8 aliphatic rings. The zero-order valence-corrected chi connectivity index (χ0v) is 41.9. The predicted octanol–water partition coefficient (Wildman–Crippen LogP) is 12.2. The van der Waals surface area contributed by atoms with E-state index in [0.29, 0.717) is 18.8 Å². The maximum atomic E-state index is 13.2. The van der Waals surface area contributed by atoms with Gasteiger partial charge in [-0.3, -0.25) is 19.2 Å². The second-order valence-electron chi connectivity index (χ2n) is 23.2. The molecule has 2 fully saturated rings. The van der Waals surface area contributed by atoms with E-state index in [-0.39, 0.29) is 71.1 Å². The Morgan fingerprint density at radius 3 is 1.91 bits per heavy atom. The van der Waals surface area contributed by atoms with E-state index < -0.39 is 22.8 Å². The summed E-state index contributed by atoms with van der Waals surface area (Å²) in [4.78, 5) is 49.1. The monoisotopic (exact) mass is 917 g/mol. The van der Waals surface area contributed by atoms with Crippen LogP contribution >= 0.6 is 0 Å². The number of carboxylic acid groups (broad SMARTS) is 2. The molecule has 10 nitrogen and oxygen atoms in total. The van der Waals surface area contributed by atoms with Crippen molar-refractivity contribution in [1.82, 2.24) is 0 Å². The van der Waals surface area contributed by atoms with Crippen LogP contribution in [0, 0.1) is 63.1 Å². The first kappa shape index (κ1) is 53.2. The molecule has 0 amide bonds. The fourth-order valence-corrected chi connectivity index (χ4v) is 10.7. The molecule has 0 spiro atoms. The molecule has 8 rings (SSSR count). The van der Waals surface area contributed by atoms with Crippen molar-refractivity contribution >= 4 is 23.5 Å². The Hall–Kier alpha value is -3.76. The third kappa shape index (κ3) is 13.1. The van der Waals surface area contributed by atoms with Crippen LogP contribution < -0.4 is 0 Å². The van der Waals surface area contributed by atoms with E-state index in [2.05, 4.69) is 52.0 Å². The van der Waals surface area contributed by atoms with Gasteiger partial charge < -0.3 is 29.9 Å². The molecule has 7 atom stereocenters. The molecule has 0 aromatic heterocycles. The van der Waals surface area contributed by atoms with Gasteiger partial charge in [0.15, 0.2) is 0 Å². The van der Waals surface area contributed by atoms with Gasteiger partial charge in [0.2, 0.25) is 0 Å². The summed E-state index contributed by atoms with van der Waals surface area (Å²) in [6, 6.07) is 0. The van der Waals surface area contributed by atoms with Crippen molar-refractivity contribution in [2.24, 2.45) is 63.1 Å². The molecule has 4 aliphatic carbocycles. The number of hydrogen-bond acceptors (Lipinski definition) is 8. The van der Waals surface area contributed by atoms with Crippen LogP contribution in [0.15, 0.2) is 70.6 Å². The minimum atomic E-state index is -0.941. The number of fused-ring (bicyclic) bond motifs is 2. The molecule has 4 N–H and O–H groups in total. The van der Waals surface area contributed by atoms with E-state index in [9.17, 15) is 39.6 Å². The van der Waals surface area contributed by atoms with Crippen LogP contribution in [0.3, 0.4) is 0 Å². The van der Waals surface area contributed by atoms with Crippen LogP contribution in [0.25, 0.3) is 0 Å². The third-order valence-electron chi connectivity index (χ3n) is 15.8. The van der Waals surface area contributed by atoms with Crippen LogP contribution in [-0.4, -0.2) is 57.1 Å². The first-order valence-corrected chi connectivity index (χ1v) is 25.5. The molecular weight excluding hydrogens is 833 g/mol. The van der Waals surface area contributed by atoms with Gasteiger partial charge in [0, 0.05) is 48.4 Å². The molecule has 10 heteroatoms. The SMILES string of the molecule is CC(C)(CO)CCCCC1=C2OC1=CC2C=CC1=C2OC1=CC2CCCCC(C)(C)CO.CCCC(C1CCC(C=CC2CCC(CCCCC(C)(C)C(=O)O)C2=O)C1=O)C(C)(C)C(=O)O. The van der Waals surface area contributed by atoms with E-state index in [1.54, 1.807) is 27.7 Å². The Morgan fingerprint density at radius 2 is 1.29 bits per heavy atom. The summed E-state index contributed by atoms with van der Waals surface area (Å²) in [6.07, 6.45) is 29.4. The van der Waals surface area contributed by atoms with Crippen molar-refractivity contribution in [2.75, 3.05) is 13.2 Å². The van der Waals surface area contributed by atoms with Crippen LogP contribution in [0.1, 0.15) is 178 Å². The number of aliphatic hydroxyl groups excluding tert-OH is 2. The van der Waals surface area contributed by atoms with Gasteiger partial charge in [0.1, 0.15) is 34.6 Å². The quantitative estimate of drug-likeness (QED) is 0.0460. The van der Waals surface area contributed by atoms with Gasteiger partial charge in [0.05, 0.1) is 22.3 Å². The number of rotatable bonds is 27. The zero-order chi connectivity index (χ0) is 48.6. The largest absolute Gasteiger partial charge is 0.481 e. The summed E-state index contributed by atoms with van der Waals surface area (Å²) in [5.41, 5.74) is 1.05. The van der Waals surface area contributed by atoms with Gasteiger partial charge in [-0.05, 0) is 134 Å². The van der Waals surface area contributed by atoms with Crippen LogP contribution in [0.2, 0.25) is 0 Å². The highest BCUT2D eigenvalue weighted by Crippen LogP contribution is 2.50. The lowest BCUT2D eigenvalue weighted by molar-refractivity contribution is -0.152.